The van der Waals surface area contributed by atoms with Gasteiger partial charge in [0.2, 0.25) is 0 Å². The molecule has 0 saturated carbocycles. The lowest BCUT2D eigenvalue weighted by Gasteiger charge is -2.04. The zero-order valence-corrected chi connectivity index (χ0v) is 6.87. The molecule has 11 heavy (non-hydrogen) atoms. The Balaban J connectivity index is 2.76. The molecule has 0 aliphatic carbocycles. The monoisotopic (exact) mass is 152 g/mol. The van der Waals surface area contributed by atoms with Crippen LogP contribution in [0, 0.1) is 0 Å². The maximum absolute atomic E-state index is 5.23. The molecule has 3 heteroatoms. The zero-order valence-electron chi connectivity index (χ0n) is 6.87. The Labute approximate surface area is 66.3 Å². The summed E-state index contributed by atoms with van der Waals surface area (Å²) in [5, 5.41) is 0. The summed E-state index contributed by atoms with van der Waals surface area (Å²) in [4.78, 5) is 4.01. The molecule has 0 radical (unpaired) electrons. The molecule has 0 N–H and O–H groups in total. The van der Waals surface area contributed by atoms with Crippen molar-refractivity contribution in [2.24, 2.45) is 0 Å². The van der Waals surface area contributed by atoms with Gasteiger partial charge in [0.15, 0.2) is 0 Å². The Hall–Kier alpha value is -1.25. The summed E-state index contributed by atoms with van der Waals surface area (Å²) in [6, 6.07) is 0.611. The maximum Gasteiger partial charge on any atom is 0.301 e. The SMILES string of the molecule is C=C(C)Oc1nccn1CC. The molecule has 0 bridgehead atoms. The van der Waals surface area contributed by atoms with E-state index in [1.165, 1.54) is 0 Å². The van der Waals surface area contributed by atoms with E-state index in [1.54, 1.807) is 13.1 Å². The molecule has 0 aliphatic rings. The van der Waals surface area contributed by atoms with Crippen molar-refractivity contribution < 1.29 is 4.74 Å². The summed E-state index contributed by atoms with van der Waals surface area (Å²) in [6.45, 7) is 8.33. The highest BCUT2D eigenvalue weighted by atomic mass is 16.5. The van der Waals surface area contributed by atoms with Gasteiger partial charge in [-0.3, -0.25) is 0 Å². The van der Waals surface area contributed by atoms with Crippen LogP contribution in [-0.4, -0.2) is 9.55 Å². The van der Waals surface area contributed by atoms with Crippen molar-refractivity contribution in [3.63, 3.8) is 0 Å². The van der Waals surface area contributed by atoms with Gasteiger partial charge in [0, 0.05) is 18.9 Å². The fourth-order valence-corrected chi connectivity index (χ4v) is 0.797. The summed E-state index contributed by atoms with van der Waals surface area (Å²) in [5.74, 6) is 0.658. The first-order chi connectivity index (χ1) is 5.24. The predicted octanol–water partition coefficient (Wildman–Crippen LogP) is 1.82. The molecular weight excluding hydrogens is 140 g/mol. The molecule has 0 saturated heterocycles. The van der Waals surface area contributed by atoms with E-state index >= 15 is 0 Å². The molecule has 0 unspecified atom stereocenters. The molecule has 0 spiro atoms. The van der Waals surface area contributed by atoms with Crippen molar-refractivity contribution in [3.8, 4) is 6.01 Å². The summed E-state index contributed by atoms with van der Waals surface area (Å²) in [6.07, 6.45) is 3.58. The molecule has 0 aromatic carbocycles. The van der Waals surface area contributed by atoms with E-state index in [4.69, 9.17) is 4.74 Å². The minimum absolute atomic E-state index is 0.611. The number of nitrogens with zero attached hydrogens (tertiary/aromatic N) is 2. The number of allylic oxidation sites excluding steroid dienone is 1. The highest BCUT2D eigenvalue weighted by Crippen LogP contribution is 2.09. The largest absolute Gasteiger partial charge is 0.431 e. The molecule has 0 fully saturated rings. The van der Waals surface area contributed by atoms with E-state index < -0.39 is 0 Å². The number of hydrogen-bond donors (Lipinski definition) is 0. The standard InChI is InChI=1S/C8H12N2O/c1-4-10-6-5-9-8(10)11-7(2)3/h5-6H,2,4H2,1,3H3. The molecule has 0 atom stereocenters. The first kappa shape index (κ1) is 7.85. The molecule has 0 aliphatic heterocycles. The zero-order chi connectivity index (χ0) is 8.27. The van der Waals surface area contributed by atoms with Gasteiger partial charge in [0.05, 0.1) is 5.76 Å². The van der Waals surface area contributed by atoms with Crippen molar-refractivity contribution in [2.45, 2.75) is 20.4 Å². The average molecular weight is 152 g/mol. The summed E-state index contributed by atoms with van der Waals surface area (Å²) in [5.41, 5.74) is 0. The van der Waals surface area contributed by atoms with Crippen LogP contribution in [0.25, 0.3) is 0 Å². The van der Waals surface area contributed by atoms with E-state index in [9.17, 15) is 0 Å². The summed E-state index contributed by atoms with van der Waals surface area (Å²) < 4.78 is 7.14. The van der Waals surface area contributed by atoms with E-state index in [-0.39, 0.29) is 0 Å². The van der Waals surface area contributed by atoms with E-state index in [0.29, 0.717) is 11.8 Å². The van der Waals surface area contributed by atoms with Crippen LogP contribution in [0.2, 0.25) is 0 Å². The third-order valence-corrected chi connectivity index (χ3v) is 1.28. The van der Waals surface area contributed by atoms with Crippen LogP contribution in [0.1, 0.15) is 13.8 Å². The van der Waals surface area contributed by atoms with Gasteiger partial charge < -0.3 is 9.30 Å². The van der Waals surface area contributed by atoms with Crippen LogP contribution in [0.3, 0.4) is 0 Å². The number of aryl methyl sites for hydroxylation is 1. The second-order valence-corrected chi connectivity index (χ2v) is 2.30. The van der Waals surface area contributed by atoms with E-state index in [2.05, 4.69) is 11.6 Å². The van der Waals surface area contributed by atoms with Crippen molar-refractivity contribution in [2.75, 3.05) is 0 Å². The van der Waals surface area contributed by atoms with Crippen LogP contribution in [0.15, 0.2) is 24.7 Å². The molecular formula is C8H12N2O. The van der Waals surface area contributed by atoms with Crippen LogP contribution < -0.4 is 4.74 Å². The summed E-state index contributed by atoms with van der Waals surface area (Å²) >= 11 is 0. The van der Waals surface area contributed by atoms with Crippen molar-refractivity contribution in [1.82, 2.24) is 9.55 Å². The van der Waals surface area contributed by atoms with Crippen LogP contribution in [0.5, 0.6) is 6.01 Å². The minimum atomic E-state index is 0.611. The molecule has 1 heterocycles. The Bertz CT molecular complexity index is 252. The van der Waals surface area contributed by atoms with Gasteiger partial charge >= 0.3 is 6.01 Å². The van der Waals surface area contributed by atoms with Gasteiger partial charge in [-0.05, 0) is 13.8 Å². The fourth-order valence-electron chi connectivity index (χ4n) is 0.797. The third kappa shape index (κ3) is 1.83. The first-order valence-corrected chi connectivity index (χ1v) is 3.58. The second kappa shape index (κ2) is 3.23. The lowest BCUT2D eigenvalue weighted by atomic mass is 10.6. The predicted molar refractivity (Wildman–Crippen MR) is 43.3 cm³/mol. The van der Waals surface area contributed by atoms with Gasteiger partial charge in [-0.15, -0.1) is 0 Å². The molecule has 1 aromatic heterocycles. The number of ether oxygens (including phenoxy) is 1. The average Bonchev–Trinajstić information content (AvgIpc) is 2.34. The van der Waals surface area contributed by atoms with Crippen LogP contribution >= 0.6 is 0 Å². The molecule has 0 amide bonds. The summed E-state index contributed by atoms with van der Waals surface area (Å²) in [7, 11) is 0. The normalized spacial score (nSPS) is 9.64. The van der Waals surface area contributed by atoms with Crippen molar-refractivity contribution in [1.29, 1.82) is 0 Å². The Morgan fingerprint density at radius 2 is 2.55 bits per heavy atom. The van der Waals surface area contributed by atoms with Gasteiger partial charge in [-0.25, -0.2) is 4.98 Å². The van der Waals surface area contributed by atoms with Crippen molar-refractivity contribution >= 4 is 0 Å². The highest BCUT2D eigenvalue weighted by molar-refractivity contribution is 5.01. The molecule has 60 valence electrons. The first-order valence-electron chi connectivity index (χ1n) is 3.58. The van der Waals surface area contributed by atoms with Gasteiger partial charge in [0.25, 0.3) is 0 Å². The van der Waals surface area contributed by atoms with Crippen molar-refractivity contribution in [3.05, 3.63) is 24.7 Å². The van der Waals surface area contributed by atoms with Gasteiger partial charge in [-0.1, -0.05) is 6.58 Å². The lowest BCUT2D eigenvalue weighted by molar-refractivity contribution is 0.374. The second-order valence-electron chi connectivity index (χ2n) is 2.30. The number of hydrogen-bond acceptors (Lipinski definition) is 2. The number of rotatable bonds is 3. The third-order valence-electron chi connectivity index (χ3n) is 1.28. The van der Waals surface area contributed by atoms with Crippen LogP contribution in [0.4, 0.5) is 0 Å². The quantitative estimate of drug-likeness (QED) is 0.618. The van der Waals surface area contributed by atoms with Gasteiger partial charge in [0.1, 0.15) is 0 Å². The smallest absolute Gasteiger partial charge is 0.301 e. The fraction of sp³-hybridized carbons (Fsp3) is 0.375. The minimum Gasteiger partial charge on any atom is -0.431 e. The maximum atomic E-state index is 5.23. The molecule has 3 nitrogen and oxygen atoms in total. The topological polar surface area (TPSA) is 27.1 Å². The number of aromatic nitrogens is 2. The Morgan fingerprint density at radius 3 is 3.09 bits per heavy atom. The molecule has 1 rings (SSSR count). The Kier molecular flexibility index (Phi) is 2.31. The van der Waals surface area contributed by atoms with Crippen LogP contribution in [-0.2, 0) is 6.54 Å². The Morgan fingerprint density at radius 1 is 1.82 bits per heavy atom. The van der Waals surface area contributed by atoms with E-state index in [0.717, 1.165) is 6.54 Å². The number of imidazole rings is 1. The van der Waals surface area contributed by atoms with Gasteiger partial charge in [-0.2, -0.15) is 0 Å². The molecule has 1 aromatic rings. The highest BCUT2D eigenvalue weighted by Gasteiger charge is 2.00. The lowest BCUT2D eigenvalue weighted by Crippen LogP contribution is -1.99. The van der Waals surface area contributed by atoms with E-state index in [1.807, 2.05) is 17.7 Å².